The maximum Gasteiger partial charge on any atom is 0.323 e. The van der Waals surface area contributed by atoms with Crippen molar-refractivity contribution in [3.8, 4) is 17.0 Å². The molecule has 46 heavy (non-hydrogen) atoms. The first-order valence-electron chi connectivity index (χ1n) is 14.9. The summed E-state index contributed by atoms with van der Waals surface area (Å²) in [7, 11) is 0. The second-order valence-electron chi connectivity index (χ2n) is 10.3. The zero-order valence-corrected chi connectivity index (χ0v) is 26.1. The number of carboxylic acid groups (broad SMARTS) is 2. The standard InChI is InChI=1S/C31H41N5O10/c1-4-7-8-10-21(25(5-2)36(45)19-37)29(42)32-18-33-30(43)24-12-9-11-23(34-24)20-13-14-22(26(15-20)46-6-3)31(44)35(16-27(38)39)17-28(40)41/h9,11-15,19,21,25,45H,4-8,10,16-18H2,1-3H3,(H,32,42)(H,33,43)(H,38,39)(H,40,41). The second kappa shape index (κ2) is 18.7. The topological polar surface area (TPSA) is 216 Å². The summed E-state index contributed by atoms with van der Waals surface area (Å²) in [5.41, 5.74) is 0.763. The highest BCUT2D eigenvalue weighted by Crippen LogP contribution is 2.28. The van der Waals surface area contributed by atoms with Gasteiger partial charge < -0.3 is 30.5 Å². The fourth-order valence-electron chi connectivity index (χ4n) is 4.83. The first-order chi connectivity index (χ1) is 22.0. The van der Waals surface area contributed by atoms with E-state index >= 15 is 0 Å². The highest BCUT2D eigenvalue weighted by atomic mass is 16.5. The van der Waals surface area contributed by atoms with E-state index in [0.29, 0.717) is 34.1 Å². The number of nitrogens with zero attached hydrogens (tertiary/aromatic N) is 3. The van der Waals surface area contributed by atoms with Gasteiger partial charge in [0.25, 0.3) is 11.8 Å². The molecule has 1 aromatic carbocycles. The number of hydrogen-bond acceptors (Lipinski definition) is 9. The predicted octanol–water partition coefficient (Wildman–Crippen LogP) is 2.38. The van der Waals surface area contributed by atoms with Gasteiger partial charge in [0, 0.05) is 5.56 Å². The number of carboxylic acids is 2. The molecule has 0 fully saturated rings. The van der Waals surface area contributed by atoms with Gasteiger partial charge in [0.15, 0.2) is 0 Å². The molecule has 0 aliphatic carbocycles. The number of amides is 4. The number of carbonyl (C=O) groups is 6. The molecule has 2 atom stereocenters. The molecule has 4 amide bonds. The molecule has 0 aliphatic heterocycles. The van der Waals surface area contributed by atoms with Gasteiger partial charge in [-0.25, -0.2) is 10.0 Å². The number of hydroxylamine groups is 2. The zero-order valence-electron chi connectivity index (χ0n) is 26.1. The van der Waals surface area contributed by atoms with Crippen LogP contribution in [0.25, 0.3) is 11.3 Å². The Morgan fingerprint density at radius 3 is 2.26 bits per heavy atom. The Morgan fingerprint density at radius 1 is 0.978 bits per heavy atom. The number of carbonyl (C=O) groups excluding carboxylic acids is 4. The molecule has 15 nitrogen and oxygen atoms in total. The highest BCUT2D eigenvalue weighted by molar-refractivity contribution is 6.00. The first-order valence-corrected chi connectivity index (χ1v) is 14.9. The van der Waals surface area contributed by atoms with E-state index < -0.39 is 54.7 Å². The minimum absolute atomic E-state index is 0.0207. The molecule has 0 radical (unpaired) electrons. The van der Waals surface area contributed by atoms with Crippen LogP contribution in [-0.2, 0) is 19.2 Å². The number of unbranched alkanes of at least 4 members (excludes halogenated alkanes) is 2. The minimum atomic E-state index is -1.38. The maximum atomic E-state index is 13.1. The lowest BCUT2D eigenvalue weighted by molar-refractivity contribution is -0.168. The number of nitrogens with one attached hydrogen (secondary N) is 2. The lowest BCUT2D eigenvalue weighted by Gasteiger charge is -2.29. The van der Waals surface area contributed by atoms with Crippen molar-refractivity contribution in [3.63, 3.8) is 0 Å². The average Bonchev–Trinajstić information content (AvgIpc) is 3.03. The number of ether oxygens (including phenoxy) is 1. The van der Waals surface area contributed by atoms with Gasteiger partial charge in [-0.15, -0.1) is 0 Å². The Balaban J connectivity index is 2.21. The number of hydrogen-bond donors (Lipinski definition) is 5. The van der Waals surface area contributed by atoms with Gasteiger partial charge in [0.1, 0.15) is 24.5 Å². The number of rotatable bonds is 20. The molecule has 5 N–H and O–H groups in total. The Bertz CT molecular complexity index is 1370. The summed E-state index contributed by atoms with van der Waals surface area (Å²) in [6.07, 6.45) is 3.61. The molecule has 0 aliphatic rings. The van der Waals surface area contributed by atoms with E-state index in [0.717, 1.165) is 19.3 Å². The molecule has 2 aromatic rings. The summed E-state index contributed by atoms with van der Waals surface area (Å²) in [6.45, 7) is 3.72. The summed E-state index contributed by atoms with van der Waals surface area (Å²) < 4.78 is 5.60. The van der Waals surface area contributed by atoms with Crippen molar-refractivity contribution in [2.75, 3.05) is 26.4 Å². The van der Waals surface area contributed by atoms with Crippen molar-refractivity contribution in [1.29, 1.82) is 0 Å². The van der Waals surface area contributed by atoms with Gasteiger partial charge >= 0.3 is 11.9 Å². The van der Waals surface area contributed by atoms with Gasteiger partial charge in [-0.2, -0.15) is 0 Å². The summed E-state index contributed by atoms with van der Waals surface area (Å²) in [5, 5.41) is 34.0. The molecule has 1 heterocycles. The van der Waals surface area contributed by atoms with Crippen molar-refractivity contribution in [3.05, 3.63) is 47.7 Å². The van der Waals surface area contributed by atoms with Crippen molar-refractivity contribution >= 4 is 36.1 Å². The van der Waals surface area contributed by atoms with Gasteiger partial charge in [-0.3, -0.25) is 34.0 Å². The van der Waals surface area contributed by atoms with Gasteiger partial charge in [-0.05, 0) is 44.0 Å². The molecule has 0 bridgehead atoms. The third-order valence-corrected chi connectivity index (χ3v) is 7.03. The highest BCUT2D eigenvalue weighted by Gasteiger charge is 2.30. The van der Waals surface area contributed by atoms with Crippen LogP contribution >= 0.6 is 0 Å². The van der Waals surface area contributed by atoms with Crippen LogP contribution in [0.15, 0.2) is 36.4 Å². The number of benzene rings is 1. The largest absolute Gasteiger partial charge is 0.493 e. The average molecular weight is 644 g/mol. The molecule has 250 valence electrons. The van der Waals surface area contributed by atoms with E-state index in [4.69, 9.17) is 14.9 Å². The van der Waals surface area contributed by atoms with Crippen LogP contribution in [-0.4, -0.2) is 98.8 Å². The minimum Gasteiger partial charge on any atom is -0.493 e. The maximum absolute atomic E-state index is 13.1. The Kier molecular flexibility index (Phi) is 15.1. The molecular weight excluding hydrogens is 602 g/mol. The van der Waals surface area contributed by atoms with E-state index in [2.05, 4.69) is 15.6 Å². The van der Waals surface area contributed by atoms with E-state index in [1.165, 1.54) is 24.3 Å². The van der Waals surface area contributed by atoms with Crippen LogP contribution in [0.1, 0.15) is 73.7 Å². The van der Waals surface area contributed by atoms with Crippen LogP contribution in [0.4, 0.5) is 0 Å². The van der Waals surface area contributed by atoms with E-state index in [1.807, 2.05) is 6.92 Å². The van der Waals surface area contributed by atoms with Crippen molar-refractivity contribution in [2.24, 2.45) is 5.92 Å². The van der Waals surface area contributed by atoms with Crippen LogP contribution in [0, 0.1) is 5.92 Å². The summed E-state index contributed by atoms with van der Waals surface area (Å²) in [6, 6.07) is 8.30. The predicted molar refractivity (Wildman–Crippen MR) is 164 cm³/mol. The number of aromatic nitrogens is 1. The van der Waals surface area contributed by atoms with Crippen molar-refractivity contribution in [1.82, 2.24) is 25.6 Å². The van der Waals surface area contributed by atoms with Crippen LogP contribution in [0.2, 0.25) is 0 Å². The number of aliphatic carboxylic acids is 2. The molecular formula is C31H41N5O10. The summed E-state index contributed by atoms with van der Waals surface area (Å²) in [4.78, 5) is 77.6. The molecule has 1 aromatic heterocycles. The lowest BCUT2D eigenvalue weighted by Crippen LogP contribution is -2.47. The van der Waals surface area contributed by atoms with E-state index in [1.54, 1.807) is 26.0 Å². The monoisotopic (exact) mass is 643 g/mol. The second-order valence-corrected chi connectivity index (χ2v) is 10.3. The van der Waals surface area contributed by atoms with Gasteiger partial charge in [0.05, 0.1) is 36.5 Å². The van der Waals surface area contributed by atoms with E-state index in [-0.39, 0.29) is 36.7 Å². The molecule has 0 saturated carbocycles. The molecule has 2 rings (SSSR count). The smallest absolute Gasteiger partial charge is 0.323 e. The lowest BCUT2D eigenvalue weighted by atomic mass is 9.90. The number of pyridine rings is 1. The molecule has 2 unspecified atom stereocenters. The fourth-order valence-corrected chi connectivity index (χ4v) is 4.83. The summed E-state index contributed by atoms with van der Waals surface area (Å²) in [5.74, 6) is -5.24. The zero-order chi connectivity index (χ0) is 34.2. The van der Waals surface area contributed by atoms with Gasteiger partial charge in [0.2, 0.25) is 12.3 Å². The SMILES string of the molecule is CCCCCC(C(=O)NCNC(=O)c1cccc(-c2ccc(C(=O)N(CC(=O)O)CC(=O)O)c(OCC)c2)n1)C(CC)N(O)C=O. The van der Waals surface area contributed by atoms with Crippen LogP contribution in [0.5, 0.6) is 5.75 Å². The van der Waals surface area contributed by atoms with Crippen LogP contribution < -0.4 is 15.4 Å². The first kappa shape index (κ1) is 37.1. The summed E-state index contributed by atoms with van der Waals surface area (Å²) >= 11 is 0. The van der Waals surface area contributed by atoms with Crippen molar-refractivity contribution < 1.29 is 48.9 Å². The third-order valence-electron chi connectivity index (χ3n) is 7.03. The Labute approximate surface area is 266 Å². The molecule has 0 spiro atoms. The quantitative estimate of drug-likeness (QED) is 0.0464. The van der Waals surface area contributed by atoms with Gasteiger partial charge in [-0.1, -0.05) is 45.2 Å². The fraction of sp³-hybridized carbons (Fsp3) is 0.452. The normalized spacial score (nSPS) is 11.9. The van der Waals surface area contributed by atoms with E-state index in [9.17, 15) is 34.0 Å². The Morgan fingerprint density at radius 2 is 1.67 bits per heavy atom. The van der Waals surface area contributed by atoms with Crippen LogP contribution in [0.3, 0.4) is 0 Å². The molecule has 0 saturated heterocycles. The molecule has 15 heteroatoms. The third kappa shape index (κ3) is 10.8. The Hall–Kier alpha value is -5.05. The van der Waals surface area contributed by atoms with Crippen molar-refractivity contribution in [2.45, 2.75) is 58.9 Å².